The number of carbonyl (C=O) groups excluding carboxylic acids is 1. The molecule has 1 aromatic carbocycles. The second kappa shape index (κ2) is 11.2. The molecule has 0 spiro atoms. The number of nitrogens with one attached hydrogen (secondary N) is 2. The summed E-state index contributed by atoms with van der Waals surface area (Å²) < 4.78 is 52.4. The van der Waals surface area contributed by atoms with Crippen LogP contribution in [-0.4, -0.2) is 80.6 Å². The number of nitrogens with zero attached hydrogens (tertiary/aromatic N) is 7. The molecule has 0 saturated carbocycles. The van der Waals surface area contributed by atoms with Gasteiger partial charge >= 0.3 is 6.09 Å². The maximum Gasteiger partial charge on any atom is 0.410 e. The van der Waals surface area contributed by atoms with Gasteiger partial charge in [0.2, 0.25) is 0 Å². The summed E-state index contributed by atoms with van der Waals surface area (Å²) in [5, 5.41) is 16.2. The summed E-state index contributed by atoms with van der Waals surface area (Å²) in [4.78, 5) is 19.8. The molecule has 0 bridgehead atoms. The summed E-state index contributed by atoms with van der Waals surface area (Å²) in [6.45, 7) is 6.21. The molecular weight excluding hydrogens is 543 g/mol. The van der Waals surface area contributed by atoms with Gasteiger partial charge in [-0.3, -0.25) is 15.1 Å². The number of hydrogen-bond donors (Lipinski definition) is 3. The first-order chi connectivity index (χ1) is 19.5. The number of carbonyl (C=O) groups is 1. The van der Waals surface area contributed by atoms with E-state index in [4.69, 9.17) is 9.84 Å². The van der Waals surface area contributed by atoms with Crippen LogP contribution in [0.4, 0.5) is 29.3 Å². The van der Waals surface area contributed by atoms with Gasteiger partial charge in [0, 0.05) is 44.6 Å². The highest BCUT2D eigenvalue weighted by atomic mass is 19.2. The number of fused-ring (bicyclic) bond motifs is 1. The van der Waals surface area contributed by atoms with Gasteiger partial charge < -0.3 is 25.1 Å². The van der Waals surface area contributed by atoms with Gasteiger partial charge in [0.05, 0.1) is 49.0 Å². The molecule has 1 saturated heterocycles. The summed E-state index contributed by atoms with van der Waals surface area (Å²) in [5.41, 5.74) is 6.48. The summed E-state index contributed by atoms with van der Waals surface area (Å²) >= 11 is 0. The van der Waals surface area contributed by atoms with Gasteiger partial charge in [-0.2, -0.15) is 5.10 Å². The lowest BCUT2D eigenvalue weighted by Gasteiger charge is -2.37. The third-order valence-electron chi connectivity index (χ3n) is 6.53. The number of aliphatic hydroxyl groups is 1. The summed E-state index contributed by atoms with van der Waals surface area (Å²) in [6, 6.07) is 0.852. The van der Waals surface area contributed by atoms with Gasteiger partial charge in [0.25, 0.3) is 0 Å². The highest BCUT2D eigenvalue weighted by molar-refractivity contribution is 5.69. The van der Waals surface area contributed by atoms with Crippen molar-refractivity contribution in [2.24, 2.45) is 4.99 Å². The molecule has 1 amide bonds. The lowest BCUT2D eigenvalue weighted by atomic mass is 10.1. The molecule has 0 atom stereocenters. The largest absolute Gasteiger partial charge is 0.444 e. The Bertz CT molecular complexity index is 1390. The van der Waals surface area contributed by atoms with Crippen molar-refractivity contribution in [2.75, 3.05) is 43.1 Å². The minimum absolute atomic E-state index is 0.0532. The average molecular weight is 576 g/mol. The van der Waals surface area contributed by atoms with Gasteiger partial charge in [-0.05, 0) is 20.8 Å². The molecule has 41 heavy (non-hydrogen) atoms. The number of aliphatic imine (C=N–C) groups is 1. The van der Waals surface area contributed by atoms with Crippen molar-refractivity contribution in [2.45, 2.75) is 39.5 Å². The SMILES string of the molecule is CC(C)(C)OC(=O)N1CCN(c2cc(F)c(F)c(CN3NC=C4N=CN(Nc5cnn(CCO)c5)C=C43)c2F)CC1. The predicted molar refractivity (Wildman–Crippen MR) is 144 cm³/mol. The van der Waals surface area contributed by atoms with Gasteiger partial charge in [-0.15, -0.1) is 0 Å². The molecule has 1 fully saturated rings. The zero-order chi connectivity index (χ0) is 29.3. The normalized spacial score (nSPS) is 16.9. The van der Waals surface area contributed by atoms with E-state index in [0.29, 0.717) is 23.6 Å². The highest BCUT2D eigenvalue weighted by Crippen LogP contribution is 2.32. The zero-order valence-corrected chi connectivity index (χ0v) is 22.9. The van der Waals surface area contributed by atoms with Gasteiger partial charge in [0.1, 0.15) is 23.3 Å². The second-order valence-corrected chi connectivity index (χ2v) is 10.7. The third kappa shape index (κ3) is 6.19. The monoisotopic (exact) mass is 575 g/mol. The maximum absolute atomic E-state index is 15.8. The van der Waals surface area contributed by atoms with E-state index >= 15 is 4.39 Å². The van der Waals surface area contributed by atoms with Crippen molar-refractivity contribution in [1.29, 1.82) is 0 Å². The van der Waals surface area contributed by atoms with E-state index in [0.717, 1.165) is 6.07 Å². The number of benzene rings is 1. The predicted octanol–water partition coefficient (Wildman–Crippen LogP) is 2.72. The van der Waals surface area contributed by atoms with Crippen LogP contribution in [0.5, 0.6) is 0 Å². The number of hydrazine groups is 2. The van der Waals surface area contributed by atoms with Gasteiger partial charge in [0.15, 0.2) is 17.5 Å². The quantitative estimate of drug-likeness (QED) is 0.429. The molecule has 3 aliphatic rings. The van der Waals surface area contributed by atoms with E-state index in [2.05, 4.69) is 20.9 Å². The number of hydrogen-bond acceptors (Lipinski definition) is 10. The third-order valence-corrected chi connectivity index (χ3v) is 6.53. The Morgan fingerprint density at radius 2 is 1.93 bits per heavy atom. The van der Waals surface area contributed by atoms with Crippen LogP contribution in [0.2, 0.25) is 0 Å². The van der Waals surface area contributed by atoms with Crippen molar-refractivity contribution >= 4 is 23.8 Å². The Morgan fingerprint density at radius 1 is 1.17 bits per heavy atom. The van der Waals surface area contributed by atoms with E-state index in [1.165, 1.54) is 16.2 Å². The van der Waals surface area contributed by atoms with Crippen LogP contribution in [-0.2, 0) is 17.8 Å². The van der Waals surface area contributed by atoms with Crippen LogP contribution in [0, 0.1) is 17.5 Å². The van der Waals surface area contributed by atoms with E-state index in [1.807, 2.05) is 0 Å². The molecule has 2 aromatic rings. The van der Waals surface area contributed by atoms with E-state index < -0.39 is 34.7 Å². The Hall–Kier alpha value is -4.40. The summed E-state index contributed by atoms with van der Waals surface area (Å²) in [7, 11) is 0. The second-order valence-electron chi connectivity index (χ2n) is 10.7. The number of amides is 1. The summed E-state index contributed by atoms with van der Waals surface area (Å²) in [5.74, 6) is -3.33. The fourth-order valence-corrected chi connectivity index (χ4v) is 4.56. The molecule has 1 aromatic heterocycles. The standard InChI is InChI=1S/C26H32F3N9O3/c1-26(2,3)41-25(40)35-6-4-34(5-7-35)21-10-19(27)23(28)18(24(21)29)14-38-22-15-37(16-30-20(22)12-32-38)33-17-11-31-36(13-17)8-9-39/h10-13,15-16,32-33,39H,4-9,14H2,1-3H3. The molecule has 0 aliphatic carbocycles. The van der Waals surface area contributed by atoms with Crippen molar-refractivity contribution in [3.05, 3.63) is 65.3 Å². The van der Waals surface area contributed by atoms with Crippen LogP contribution < -0.4 is 15.8 Å². The number of anilines is 2. The number of aliphatic hydroxyl groups excluding tert-OH is 1. The van der Waals surface area contributed by atoms with E-state index in [1.54, 1.807) is 60.2 Å². The molecule has 12 nitrogen and oxygen atoms in total. The zero-order valence-electron chi connectivity index (χ0n) is 22.9. The number of aromatic nitrogens is 2. The molecule has 3 N–H and O–H groups in total. The molecule has 220 valence electrons. The Morgan fingerprint density at radius 3 is 2.63 bits per heavy atom. The molecule has 3 aliphatic heterocycles. The highest BCUT2D eigenvalue weighted by Gasteiger charge is 2.31. The van der Waals surface area contributed by atoms with Crippen molar-refractivity contribution in [3.8, 4) is 0 Å². The van der Waals surface area contributed by atoms with Gasteiger partial charge in [-0.25, -0.2) is 28.0 Å². The van der Waals surface area contributed by atoms with Crippen LogP contribution in [0.15, 0.2) is 47.2 Å². The lowest BCUT2D eigenvalue weighted by molar-refractivity contribution is 0.0240. The summed E-state index contributed by atoms with van der Waals surface area (Å²) in [6.07, 6.45) is 7.55. The molecule has 15 heteroatoms. The first kappa shape index (κ1) is 28.1. The Balaban J connectivity index is 1.29. The van der Waals surface area contributed by atoms with Crippen LogP contribution in [0.3, 0.4) is 0 Å². The van der Waals surface area contributed by atoms with Crippen LogP contribution >= 0.6 is 0 Å². The van der Waals surface area contributed by atoms with Gasteiger partial charge in [-0.1, -0.05) is 0 Å². The molecule has 5 rings (SSSR count). The van der Waals surface area contributed by atoms with Crippen molar-refractivity contribution < 1.29 is 27.8 Å². The van der Waals surface area contributed by atoms with Crippen LogP contribution in [0.1, 0.15) is 26.3 Å². The molecule has 0 unspecified atom stereocenters. The van der Waals surface area contributed by atoms with Crippen molar-refractivity contribution in [3.63, 3.8) is 0 Å². The van der Waals surface area contributed by atoms with E-state index in [-0.39, 0.29) is 45.0 Å². The number of halogens is 3. The lowest BCUT2D eigenvalue weighted by Crippen LogP contribution is -2.50. The fourth-order valence-electron chi connectivity index (χ4n) is 4.56. The number of ether oxygens (including phenoxy) is 1. The number of piperazine rings is 1. The molecular formula is C26H32F3N9O3. The first-order valence-corrected chi connectivity index (χ1v) is 13.1. The molecule has 4 heterocycles. The van der Waals surface area contributed by atoms with Crippen LogP contribution in [0.25, 0.3) is 0 Å². The Labute approximate surface area is 234 Å². The minimum atomic E-state index is -1.28. The van der Waals surface area contributed by atoms with E-state index in [9.17, 15) is 13.6 Å². The number of rotatable bonds is 7. The topological polar surface area (TPSA) is 114 Å². The smallest absolute Gasteiger partial charge is 0.410 e. The fraction of sp³-hybridized carbons (Fsp3) is 0.423. The average Bonchev–Trinajstić information content (AvgIpc) is 3.54. The Kier molecular flexibility index (Phi) is 7.71. The maximum atomic E-state index is 15.8. The molecule has 0 radical (unpaired) electrons. The van der Waals surface area contributed by atoms with Crippen molar-refractivity contribution in [1.82, 2.24) is 30.1 Å². The minimum Gasteiger partial charge on any atom is -0.444 e. The first-order valence-electron chi connectivity index (χ1n) is 13.1.